The van der Waals surface area contributed by atoms with E-state index in [1.807, 2.05) is 9.80 Å². The number of hydrogen-bond acceptors (Lipinski definition) is 4. The van der Waals surface area contributed by atoms with Crippen molar-refractivity contribution in [3.63, 3.8) is 0 Å². The molecular formula is C30H39F2N5O2. The largest absolute Gasteiger partial charge is 0.352 e. The lowest BCUT2D eigenvalue weighted by atomic mass is 9.71. The zero-order valence-corrected chi connectivity index (χ0v) is 23.4. The number of carbonyl (C=O) groups is 2. The SMILES string of the molecule is CC(C)(C)CC(=O)N1CC2(CCN(C(=O)Nc3c(-c4ccccc4F)ccnc3N3CCC(C)(F)C3)CC2)C1. The van der Waals surface area contributed by atoms with Crippen LogP contribution in [0.25, 0.3) is 11.1 Å². The van der Waals surface area contributed by atoms with E-state index in [0.29, 0.717) is 55.1 Å². The van der Waals surface area contributed by atoms with Crippen molar-refractivity contribution >= 4 is 23.4 Å². The Balaban J connectivity index is 1.30. The van der Waals surface area contributed by atoms with Gasteiger partial charge in [-0.05, 0) is 37.3 Å². The second kappa shape index (κ2) is 10.1. The summed E-state index contributed by atoms with van der Waals surface area (Å²) < 4.78 is 29.6. The number of nitrogens with zero attached hydrogens (tertiary/aromatic N) is 4. The molecule has 3 saturated heterocycles. The first-order valence-electron chi connectivity index (χ1n) is 13.9. The number of nitrogens with one attached hydrogen (secondary N) is 1. The Labute approximate surface area is 229 Å². The minimum absolute atomic E-state index is 0.0359. The van der Waals surface area contributed by atoms with Gasteiger partial charge in [0.05, 0.1) is 12.2 Å². The Hall–Kier alpha value is -3.23. The van der Waals surface area contributed by atoms with E-state index in [4.69, 9.17) is 0 Å². The van der Waals surface area contributed by atoms with Gasteiger partial charge in [0.1, 0.15) is 11.5 Å². The number of anilines is 2. The van der Waals surface area contributed by atoms with E-state index in [1.54, 1.807) is 42.3 Å². The Morgan fingerprint density at radius 3 is 2.28 bits per heavy atom. The predicted octanol–water partition coefficient (Wildman–Crippen LogP) is 5.72. The molecule has 3 aliphatic heterocycles. The van der Waals surface area contributed by atoms with Crippen molar-refractivity contribution in [1.29, 1.82) is 0 Å². The molecule has 5 rings (SSSR count). The smallest absolute Gasteiger partial charge is 0.321 e. The number of piperidine rings is 1. The Morgan fingerprint density at radius 2 is 1.67 bits per heavy atom. The standard InChI is InChI=1S/C30H39F2N5O2/c1-28(2,3)17-24(38)37-19-30(20-37)11-15-35(16-12-30)27(39)34-25-22(21-7-5-6-8-23(21)31)9-13-33-26(25)36-14-10-29(4,32)18-36/h5-9,13H,10-12,14-20H2,1-4H3,(H,34,39). The first kappa shape index (κ1) is 27.3. The summed E-state index contributed by atoms with van der Waals surface area (Å²) in [4.78, 5) is 36.1. The summed E-state index contributed by atoms with van der Waals surface area (Å²) in [5.74, 6) is 0.243. The number of aromatic nitrogens is 1. The summed E-state index contributed by atoms with van der Waals surface area (Å²) in [5, 5.41) is 3.02. The second-order valence-corrected chi connectivity index (χ2v) is 13.0. The van der Waals surface area contributed by atoms with Crippen molar-refractivity contribution in [3.8, 4) is 11.1 Å². The lowest BCUT2D eigenvalue weighted by molar-refractivity contribution is -0.148. The van der Waals surface area contributed by atoms with E-state index >= 15 is 0 Å². The fourth-order valence-electron chi connectivity index (χ4n) is 6.01. The summed E-state index contributed by atoms with van der Waals surface area (Å²) in [6, 6.07) is 7.83. The molecular weight excluding hydrogens is 500 g/mol. The highest BCUT2D eigenvalue weighted by Crippen LogP contribution is 2.43. The summed E-state index contributed by atoms with van der Waals surface area (Å²) >= 11 is 0. The lowest BCUT2D eigenvalue weighted by Gasteiger charge is -2.54. The number of pyridine rings is 1. The molecule has 0 saturated carbocycles. The van der Waals surface area contributed by atoms with Gasteiger partial charge in [-0.3, -0.25) is 4.79 Å². The van der Waals surface area contributed by atoms with E-state index in [9.17, 15) is 18.4 Å². The number of rotatable bonds is 4. The van der Waals surface area contributed by atoms with Crippen LogP contribution in [0.2, 0.25) is 0 Å². The van der Waals surface area contributed by atoms with Crippen molar-refractivity contribution in [1.82, 2.24) is 14.8 Å². The fraction of sp³-hybridized carbons (Fsp3) is 0.567. The summed E-state index contributed by atoms with van der Waals surface area (Å²) in [7, 11) is 0. The van der Waals surface area contributed by atoms with Crippen molar-refractivity contribution in [3.05, 3.63) is 42.3 Å². The van der Waals surface area contributed by atoms with Gasteiger partial charge in [-0.15, -0.1) is 0 Å². The molecule has 0 aliphatic carbocycles. The Kier molecular flexibility index (Phi) is 7.06. The van der Waals surface area contributed by atoms with Crippen LogP contribution in [0.3, 0.4) is 0 Å². The molecule has 3 fully saturated rings. The van der Waals surface area contributed by atoms with Crippen LogP contribution in [0, 0.1) is 16.6 Å². The molecule has 1 aromatic heterocycles. The van der Waals surface area contributed by atoms with Gasteiger partial charge < -0.3 is 20.0 Å². The number of amides is 3. The third-order valence-electron chi connectivity index (χ3n) is 8.25. The number of halogens is 2. The maximum atomic E-state index is 14.8. The molecule has 1 unspecified atom stereocenters. The summed E-state index contributed by atoms with van der Waals surface area (Å²) in [6.45, 7) is 11.0. The fourth-order valence-corrected chi connectivity index (χ4v) is 6.01. The lowest BCUT2D eigenvalue weighted by Crippen LogP contribution is -2.62. The minimum Gasteiger partial charge on any atom is -0.352 e. The van der Waals surface area contributed by atoms with Crippen LogP contribution in [-0.4, -0.2) is 71.7 Å². The molecule has 1 spiro atoms. The van der Waals surface area contributed by atoms with E-state index in [2.05, 4.69) is 31.1 Å². The second-order valence-electron chi connectivity index (χ2n) is 13.0. The average Bonchev–Trinajstić information content (AvgIpc) is 3.21. The number of benzene rings is 1. The first-order chi connectivity index (χ1) is 18.3. The van der Waals surface area contributed by atoms with Crippen LogP contribution in [0.15, 0.2) is 36.5 Å². The Bertz CT molecular complexity index is 1240. The van der Waals surface area contributed by atoms with Gasteiger partial charge in [-0.1, -0.05) is 39.0 Å². The monoisotopic (exact) mass is 539 g/mol. The van der Waals surface area contributed by atoms with Crippen LogP contribution in [0.5, 0.6) is 0 Å². The van der Waals surface area contributed by atoms with Gasteiger partial charge in [0.25, 0.3) is 0 Å². The normalized spacial score (nSPS) is 22.7. The van der Waals surface area contributed by atoms with Crippen molar-refractivity contribution in [2.24, 2.45) is 10.8 Å². The van der Waals surface area contributed by atoms with E-state index in [1.165, 1.54) is 6.07 Å². The zero-order valence-electron chi connectivity index (χ0n) is 23.4. The molecule has 4 heterocycles. The van der Waals surface area contributed by atoms with Crippen LogP contribution < -0.4 is 10.2 Å². The van der Waals surface area contributed by atoms with Crippen molar-refractivity contribution in [2.45, 2.75) is 59.0 Å². The molecule has 1 N–H and O–H groups in total. The maximum absolute atomic E-state index is 14.8. The topological polar surface area (TPSA) is 68.8 Å². The molecule has 7 nitrogen and oxygen atoms in total. The van der Waals surface area contributed by atoms with Crippen LogP contribution in [-0.2, 0) is 4.79 Å². The van der Waals surface area contributed by atoms with E-state index < -0.39 is 11.5 Å². The zero-order chi connectivity index (χ0) is 28.0. The molecule has 9 heteroatoms. The highest BCUT2D eigenvalue weighted by atomic mass is 19.1. The van der Waals surface area contributed by atoms with Gasteiger partial charge >= 0.3 is 6.03 Å². The first-order valence-corrected chi connectivity index (χ1v) is 13.9. The van der Waals surface area contributed by atoms with Gasteiger partial charge in [0.15, 0.2) is 5.82 Å². The average molecular weight is 540 g/mol. The molecule has 2 aromatic rings. The molecule has 1 aromatic carbocycles. The third-order valence-corrected chi connectivity index (χ3v) is 8.25. The molecule has 0 bridgehead atoms. The minimum atomic E-state index is -1.36. The summed E-state index contributed by atoms with van der Waals surface area (Å²) in [5.41, 5.74) is -0.0589. The maximum Gasteiger partial charge on any atom is 0.321 e. The van der Waals surface area contributed by atoms with E-state index in [0.717, 1.165) is 25.9 Å². The Morgan fingerprint density at radius 1 is 0.974 bits per heavy atom. The molecule has 210 valence electrons. The number of urea groups is 1. The number of hydrogen-bond donors (Lipinski definition) is 1. The van der Waals surface area contributed by atoms with Crippen molar-refractivity contribution < 1.29 is 18.4 Å². The van der Waals surface area contributed by atoms with Gasteiger partial charge in [-0.2, -0.15) is 0 Å². The quantitative estimate of drug-likeness (QED) is 0.540. The summed E-state index contributed by atoms with van der Waals surface area (Å²) in [6.07, 6.45) is 4.12. The molecule has 39 heavy (non-hydrogen) atoms. The number of alkyl halides is 1. The van der Waals surface area contributed by atoms with Crippen molar-refractivity contribution in [2.75, 3.05) is 49.5 Å². The number of likely N-dealkylation sites (tertiary alicyclic amines) is 2. The van der Waals surface area contributed by atoms with Gasteiger partial charge in [-0.25, -0.2) is 18.6 Å². The molecule has 1 atom stereocenters. The molecule has 0 radical (unpaired) electrons. The highest BCUT2D eigenvalue weighted by Gasteiger charge is 2.47. The van der Waals surface area contributed by atoms with Gasteiger partial charge in [0, 0.05) is 68.3 Å². The molecule has 3 amide bonds. The van der Waals surface area contributed by atoms with Crippen LogP contribution in [0.4, 0.5) is 25.1 Å². The highest BCUT2D eigenvalue weighted by molar-refractivity contribution is 5.99. The number of carbonyl (C=O) groups excluding carboxylic acids is 2. The van der Waals surface area contributed by atoms with Crippen LogP contribution in [0.1, 0.15) is 53.4 Å². The van der Waals surface area contributed by atoms with E-state index in [-0.39, 0.29) is 29.3 Å². The predicted molar refractivity (Wildman–Crippen MR) is 149 cm³/mol. The van der Waals surface area contributed by atoms with Gasteiger partial charge in [0.2, 0.25) is 5.91 Å². The third kappa shape index (κ3) is 5.87. The van der Waals surface area contributed by atoms with Crippen LogP contribution >= 0.6 is 0 Å². The molecule has 3 aliphatic rings.